The summed E-state index contributed by atoms with van der Waals surface area (Å²) in [5.74, 6) is 1.20. The molecular weight excluding hydrogens is 266 g/mol. The van der Waals surface area contributed by atoms with Gasteiger partial charge in [-0.2, -0.15) is 0 Å². The summed E-state index contributed by atoms with van der Waals surface area (Å²) >= 11 is 0. The normalized spacial score (nSPS) is 23.3. The molecule has 1 aromatic carbocycles. The van der Waals surface area contributed by atoms with Crippen LogP contribution in [0, 0.1) is 5.92 Å². The molecule has 1 atom stereocenters. The SMILES string of the molecule is CCOc1ccc(N=C2N=C3CCCCC3C(=O)N2)cc1. The second-order valence-electron chi connectivity index (χ2n) is 5.25. The molecule has 0 spiro atoms. The number of guanidine groups is 1. The Balaban J connectivity index is 1.81. The maximum Gasteiger partial charge on any atom is 0.235 e. The summed E-state index contributed by atoms with van der Waals surface area (Å²) < 4.78 is 5.39. The molecule has 1 unspecified atom stereocenters. The molecule has 1 heterocycles. The molecule has 2 aliphatic rings. The number of nitrogens with one attached hydrogen (secondary N) is 1. The van der Waals surface area contributed by atoms with E-state index in [0.717, 1.165) is 42.8 Å². The molecule has 110 valence electrons. The molecule has 1 fully saturated rings. The number of rotatable bonds is 3. The van der Waals surface area contributed by atoms with E-state index < -0.39 is 0 Å². The molecule has 0 bridgehead atoms. The average molecular weight is 285 g/mol. The monoisotopic (exact) mass is 285 g/mol. The summed E-state index contributed by atoms with van der Waals surface area (Å²) in [7, 11) is 0. The van der Waals surface area contributed by atoms with Gasteiger partial charge in [-0.15, -0.1) is 0 Å². The molecule has 1 aliphatic heterocycles. The molecule has 1 amide bonds. The van der Waals surface area contributed by atoms with E-state index in [9.17, 15) is 4.79 Å². The van der Waals surface area contributed by atoms with Crippen molar-refractivity contribution in [3.63, 3.8) is 0 Å². The number of carbonyl (C=O) groups excluding carboxylic acids is 1. The highest BCUT2D eigenvalue weighted by Crippen LogP contribution is 2.25. The number of ether oxygens (including phenoxy) is 1. The summed E-state index contributed by atoms with van der Waals surface area (Å²) in [6.07, 6.45) is 4.02. The standard InChI is InChI=1S/C16H19N3O2/c1-2-21-12-9-7-11(8-10-12)17-16-18-14-6-4-3-5-13(14)15(20)19-16/h7-10,13H,2-6H2,1H3,(H,17,19,20). The highest BCUT2D eigenvalue weighted by Gasteiger charge is 2.31. The fourth-order valence-electron chi connectivity index (χ4n) is 2.73. The van der Waals surface area contributed by atoms with Crippen LogP contribution >= 0.6 is 0 Å². The van der Waals surface area contributed by atoms with E-state index in [4.69, 9.17) is 4.74 Å². The van der Waals surface area contributed by atoms with Gasteiger partial charge in [0.2, 0.25) is 11.9 Å². The van der Waals surface area contributed by atoms with Crippen molar-refractivity contribution in [1.82, 2.24) is 5.32 Å². The van der Waals surface area contributed by atoms with Crippen LogP contribution < -0.4 is 10.1 Å². The molecule has 0 radical (unpaired) electrons. The minimum atomic E-state index is -0.0435. The Morgan fingerprint density at radius 2 is 2.14 bits per heavy atom. The van der Waals surface area contributed by atoms with Crippen molar-refractivity contribution in [3.8, 4) is 5.75 Å². The second-order valence-corrected chi connectivity index (χ2v) is 5.25. The minimum Gasteiger partial charge on any atom is -0.494 e. The average Bonchev–Trinajstić information content (AvgIpc) is 2.50. The van der Waals surface area contributed by atoms with Crippen LogP contribution in [0.15, 0.2) is 34.3 Å². The lowest BCUT2D eigenvalue weighted by Crippen LogP contribution is -2.44. The molecule has 3 rings (SSSR count). The van der Waals surface area contributed by atoms with Crippen molar-refractivity contribution in [2.75, 3.05) is 6.61 Å². The first kappa shape index (κ1) is 13.8. The molecule has 0 saturated heterocycles. The molecule has 1 N–H and O–H groups in total. The maximum absolute atomic E-state index is 12.1. The number of aliphatic imine (C=N–C) groups is 2. The number of carbonyl (C=O) groups is 1. The summed E-state index contributed by atoms with van der Waals surface area (Å²) in [6, 6.07) is 7.45. The van der Waals surface area contributed by atoms with Crippen molar-refractivity contribution in [1.29, 1.82) is 0 Å². The van der Waals surface area contributed by atoms with Gasteiger partial charge in [-0.25, -0.2) is 9.98 Å². The van der Waals surface area contributed by atoms with Crippen LogP contribution in [-0.4, -0.2) is 24.2 Å². The van der Waals surface area contributed by atoms with Crippen molar-refractivity contribution < 1.29 is 9.53 Å². The summed E-state index contributed by atoms with van der Waals surface area (Å²) in [5.41, 5.74) is 1.74. The summed E-state index contributed by atoms with van der Waals surface area (Å²) in [6.45, 7) is 2.58. The first-order valence-corrected chi connectivity index (χ1v) is 7.46. The van der Waals surface area contributed by atoms with Crippen LogP contribution in [0.25, 0.3) is 0 Å². The lowest BCUT2D eigenvalue weighted by atomic mass is 9.86. The Morgan fingerprint density at radius 3 is 2.90 bits per heavy atom. The maximum atomic E-state index is 12.1. The van der Waals surface area contributed by atoms with Crippen LogP contribution in [0.3, 0.4) is 0 Å². The van der Waals surface area contributed by atoms with Crippen LogP contribution in [0.2, 0.25) is 0 Å². The van der Waals surface area contributed by atoms with E-state index in [0.29, 0.717) is 12.6 Å². The van der Waals surface area contributed by atoms with Gasteiger partial charge in [-0.1, -0.05) is 6.42 Å². The third kappa shape index (κ3) is 3.12. The van der Waals surface area contributed by atoms with E-state index in [2.05, 4.69) is 15.3 Å². The summed E-state index contributed by atoms with van der Waals surface area (Å²) in [4.78, 5) is 21.0. The van der Waals surface area contributed by atoms with Crippen LogP contribution in [0.5, 0.6) is 5.75 Å². The third-order valence-corrected chi connectivity index (χ3v) is 3.76. The molecular formula is C16H19N3O2. The number of hydrogen-bond acceptors (Lipinski definition) is 3. The molecule has 21 heavy (non-hydrogen) atoms. The van der Waals surface area contributed by atoms with E-state index in [1.54, 1.807) is 0 Å². The van der Waals surface area contributed by atoms with E-state index in [-0.39, 0.29) is 11.8 Å². The van der Waals surface area contributed by atoms with Gasteiger partial charge in [0.05, 0.1) is 18.2 Å². The Bertz CT molecular complexity index is 590. The fraction of sp³-hybridized carbons (Fsp3) is 0.438. The lowest BCUT2D eigenvalue weighted by Gasteiger charge is -2.27. The van der Waals surface area contributed by atoms with E-state index in [1.165, 1.54) is 0 Å². The van der Waals surface area contributed by atoms with Gasteiger partial charge in [-0.3, -0.25) is 10.1 Å². The van der Waals surface area contributed by atoms with Crippen molar-refractivity contribution in [2.24, 2.45) is 15.9 Å². The Kier molecular flexibility index (Phi) is 3.99. The van der Waals surface area contributed by atoms with Crippen molar-refractivity contribution in [2.45, 2.75) is 32.6 Å². The Labute approximate surface area is 124 Å². The lowest BCUT2D eigenvalue weighted by molar-refractivity contribution is -0.122. The number of hydrogen-bond donors (Lipinski definition) is 1. The zero-order valence-electron chi connectivity index (χ0n) is 12.1. The number of benzene rings is 1. The minimum absolute atomic E-state index is 0.0318. The highest BCUT2D eigenvalue weighted by atomic mass is 16.5. The predicted molar refractivity (Wildman–Crippen MR) is 82.2 cm³/mol. The van der Waals surface area contributed by atoms with Gasteiger partial charge in [0, 0.05) is 5.71 Å². The second kappa shape index (κ2) is 6.08. The largest absolute Gasteiger partial charge is 0.494 e. The summed E-state index contributed by atoms with van der Waals surface area (Å²) in [5, 5.41) is 2.80. The zero-order valence-corrected chi connectivity index (χ0v) is 12.1. The van der Waals surface area contributed by atoms with Gasteiger partial charge < -0.3 is 4.74 Å². The number of amides is 1. The van der Waals surface area contributed by atoms with Gasteiger partial charge in [0.15, 0.2) is 0 Å². The van der Waals surface area contributed by atoms with Crippen LogP contribution in [-0.2, 0) is 4.79 Å². The van der Waals surface area contributed by atoms with Gasteiger partial charge in [-0.05, 0) is 50.5 Å². The molecule has 5 heteroatoms. The van der Waals surface area contributed by atoms with Crippen molar-refractivity contribution in [3.05, 3.63) is 24.3 Å². The topological polar surface area (TPSA) is 63.1 Å². The van der Waals surface area contributed by atoms with Gasteiger partial charge in [0.25, 0.3) is 0 Å². The fourth-order valence-corrected chi connectivity index (χ4v) is 2.73. The first-order valence-electron chi connectivity index (χ1n) is 7.46. The molecule has 1 aliphatic carbocycles. The zero-order chi connectivity index (χ0) is 14.7. The predicted octanol–water partition coefficient (Wildman–Crippen LogP) is 2.83. The Morgan fingerprint density at radius 1 is 1.33 bits per heavy atom. The molecule has 5 nitrogen and oxygen atoms in total. The van der Waals surface area contributed by atoms with E-state index in [1.807, 2.05) is 31.2 Å². The Hall–Kier alpha value is -2.17. The van der Waals surface area contributed by atoms with E-state index >= 15 is 0 Å². The highest BCUT2D eigenvalue weighted by molar-refractivity contribution is 6.18. The van der Waals surface area contributed by atoms with Gasteiger partial charge in [0.1, 0.15) is 5.75 Å². The third-order valence-electron chi connectivity index (χ3n) is 3.76. The molecule has 0 aromatic heterocycles. The van der Waals surface area contributed by atoms with Crippen LogP contribution in [0.1, 0.15) is 32.6 Å². The smallest absolute Gasteiger partial charge is 0.235 e. The van der Waals surface area contributed by atoms with Crippen LogP contribution in [0.4, 0.5) is 5.69 Å². The number of fused-ring (bicyclic) bond motifs is 1. The first-order chi connectivity index (χ1) is 10.3. The number of nitrogens with zero attached hydrogens (tertiary/aromatic N) is 2. The quantitative estimate of drug-likeness (QED) is 0.928. The van der Waals surface area contributed by atoms with Crippen molar-refractivity contribution >= 4 is 23.3 Å². The molecule has 1 aromatic rings. The van der Waals surface area contributed by atoms with Gasteiger partial charge >= 0.3 is 0 Å². The molecule has 1 saturated carbocycles.